The molecule has 0 aliphatic carbocycles. The van der Waals surface area contributed by atoms with Gasteiger partial charge in [0, 0.05) is 40.0 Å². The van der Waals surface area contributed by atoms with E-state index in [9.17, 15) is 4.79 Å². The molecule has 8 heteroatoms. The topological polar surface area (TPSA) is 63.1 Å². The molecule has 158 valence electrons. The lowest BCUT2D eigenvalue weighted by Gasteiger charge is -2.44. The number of hydrogen-bond donors (Lipinski definition) is 1. The van der Waals surface area contributed by atoms with Crippen LogP contribution >= 0.6 is 22.7 Å². The van der Waals surface area contributed by atoms with E-state index in [4.69, 9.17) is 5.10 Å². The van der Waals surface area contributed by atoms with Crippen LogP contribution in [0.2, 0.25) is 0 Å². The number of thiophene rings is 1. The van der Waals surface area contributed by atoms with E-state index < -0.39 is 0 Å². The van der Waals surface area contributed by atoms with Gasteiger partial charge in [0.1, 0.15) is 5.01 Å². The highest BCUT2D eigenvalue weighted by molar-refractivity contribution is 7.13. The van der Waals surface area contributed by atoms with E-state index in [2.05, 4.69) is 32.7 Å². The Balaban J connectivity index is 1.37. The zero-order valence-electron chi connectivity index (χ0n) is 17.0. The summed E-state index contributed by atoms with van der Waals surface area (Å²) < 4.78 is 1.96. The molecule has 2 bridgehead atoms. The van der Waals surface area contributed by atoms with Crippen molar-refractivity contribution in [2.24, 2.45) is 5.92 Å². The van der Waals surface area contributed by atoms with Gasteiger partial charge in [-0.05, 0) is 55.4 Å². The summed E-state index contributed by atoms with van der Waals surface area (Å²) in [5.74, 6) is 0.528. The Labute approximate surface area is 188 Å². The number of benzene rings is 1. The predicted octanol–water partition coefficient (Wildman–Crippen LogP) is 4.09. The number of rotatable bonds is 5. The molecule has 3 aliphatic heterocycles. The standard InChI is InChI=1S/C23H23N5OS2/c29-22(25-19-14-27-8-5-15(19)6-9-27)21-18-4-3-16(23-24-7-11-31-23)12-20(18)28(26-21)13-17-2-1-10-30-17/h1-4,7,10-12,15,19H,5-6,8-9,13-14H2,(H,25,29)/t19-/m1/s1. The third kappa shape index (κ3) is 3.58. The number of aromatic nitrogens is 3. The smallest absolute Gasteiger partial charge is 0.272 e. The van der Waals surface area contributed by atoms with Gasteiger partial charge in [-0.1, -0.05) is 12.1 Å². The molecule has 6 nitrogen and oxygen atoms in total. The Bertz CT molecular complexity index is 1210. The zero-order chi connectivity index (χ0) is 20.8. The molecule has 3 aliphatic rings. The predicted molar refractivity (Wildman–Crippen MR) is 125 cm³/mol. The molecule has 1 atom stereocenters. The lowest BCUT2D eigenvalue weighted by molar-refractivity contribution is 0.0618. The van der Waals surface area contributed by atoms with E-state index in [1.807, 2.05) is 34.5 Å². The second kappa shape index (κ2) is 7.85. The molecule has 7 rings (SSSR count). The van der Waals surface area contributed by atoms with Crippen molar-refractivity contribution in [2.45, 2.75) is 25.4 Å². The van der Waals surface area contributed by atoms with Crippen LogP contribution in [0.3, 0.4) is 0 Å². The van der Waals surface area contributed by atoms with Gasteiger partial charge >= 0.3 is 0 Å². The molecule has 1 amide bonds. The molecule has 0 radical (unpaired) electrons. The first-order chi connectivity index (χ1) is 15.2. The molecule has 1 N–H and O–H groups in total. The van der Waals surface area contributed by atoms with Gasteiger partial charge in [0.2, 0.25) is 0 Å². The molecule has 31 heavy (non-hydrogen) atoms. The number of carbonyl (C=O) groups is 1. The number of fused-ring (bicyclic) bond motifs is 4. The normalized spacial score (nSPS) is 22.8. The van der Waals surface area contributed by atoms with Crippen molar-refractivity contribution in [1.29, 1.82) is 0 Å². The quantitative estimate of drug-likeness (QED) is 0.498. The highest BCUT2D eigenvalue weighted by Gasteiger charge is 2.35. The molecule has 3 fully saturated rings. The van der Waals surface area contributed by atoms with Crippen LogP contribution in [0.25, 0.3) is 21.5 Å². The second-order valence-electron chi connectivity index (χ2n) is 8.37. The minimum Gasteiger partial charge on any atom is -0.346 e. The van der Waals surface area contributed by atoms with Gasteiger partial charge < -0.3 is 10.2 Å². The lowest BCUT2D eigenvalue weighted by Crippen LogP contribution is -2.57. The number of piperidine rings is 3. The molecule has 3 saturated heterocycles. The number of nitrogens with zero attached hydrogens (tertiary/aromatic N) is 4. The second-order valence-corrected chi connectivity index (χ2v) is 10.3. The third-order valence-corrected chi connectivity index (χ3v) is 8.19. The first kappa shape index (κ1) is 19.2. The van der Waals surface area contributed by atoms with Gasteiger partial charge in [0.25, 0.3) is 5.91 Å². The SMILES string of the molecule is O=C(N[C@@H]1CN2CCC1CC2)c1nn(Cc2cccs2)c2cc(-c3nccs3)ccc12. The molecule has 0 unspecified atom stereocenters. The molecular formula is C23H23N5OS2. The third-order valence-electron chi connectivity index (χ3n) is 6.50. The summed E-state index contributed by atoms with van der Waals surface area (Å²) in [6.45, 7) is 3.94. The first-order valence-electron chi connectivity index (χ1n) is 10.7. The van der Waals surface area contributed by atoms with E-state index in [1.165, 1.54) is 17.7 Å². The Morgan fingerprint density at radius 3 is 2.77 bits per heavy atom. The van der Waals surface area contributed by atoms with Gasteiger partial charge in [0.15, 0.2) is 5.69 Å². The summed E-state index contributed by atoms with van der Waals surface area (Å²) in [7, 11) is 0. The molecule has 4 aromatic rings. The summed E-state index contributed by atoms with van der Waals surface area (Å²) in [6.07, 6.45) is 4.17. The Morgan fingerprint density at radius 2 is 2.06 bits per heavy atom. The van der Waals surface area contributed by atoms with Crippen molar-refractivity contribution in [2.75, 3.05) is 19.6 Å². The molecular weight excluding hydrogens is 426 g/mol. The highest BCUT2D eigenvalue weighted by Crippen LogP contribution is 2.30. The maximum absolute atomic E-state index is 13.3. The molecule has 0 saturated carbocycles. The van der Waals surface area contributed by atoms with Gasteiger partial charge in [0.05, 0.1) is 12.1 Å². The number of hydrogen-bond acceptors (Lipinski definition) is 6. The van der Waals surface area contributed by atoms with Crippen LogP contribution in [0.1, 0.15) is 28.2 Å². The molecule has 3 aromatic heterocycles. The highest BCUT2D eigenvalue weighted by atomic mass is 32.1. The number of thiazole rings is 1. The van der Waals surface area contributed by atoms with Gasteiger partial charge in [-0.2, -0.15) is 5.10 Å². The Hall–Kier alpha value is -2.55. The number of carbonyl (C=O) groups excluding carboxylic acids is 1. The lowest BCUT2D eigenvalue weighted by atomic mass is 9.84. The van der Waals surface area contributed by atoms with Gasteiger partial charge in [-0.3, -0.25) is 9.48 Å². The number of amides is 1. The summed E-state index contributed by atoms with van der Waals surface area (Å²) in [4.78, 5) is 21.4. The maximum Gasteiger partial charge on any atom is 0.272 e. The molecule has 6 heterocycles. The average molecular weight is 450 g/mol. The van der Waals surface area contributed by atoms with Crippen molar-refractivity contribution < 1.29 is 4.79 Å². The van der Waals surface area contributed by atoms with Gasteiger partial charge in [-0.15, -0.1) is 22.7 Å². The largest absolute Gasteiger partial charge is 0.346 e. The monoisotopic (exact) mass is 449 g/mol. The Kier molecular flexibility index (Phi) is 4.85. The van der Waals surface area contributed by atoms with E-state index in [-0.39, 0.29) is 11.9 Å². The van der Waals surface area contributed by atoms with Gasteiger partial charge in [-0.25, -0.2) is 4.98 Å². The van der Waals surface area contributed by atoms with Crippen molar-refractivity contribution in [3.05, 3.63) is 57.9 Å². The fourth-order valence-electron chi connectivity index (χ4n) is 4.88. The van der Waals surface area contributed by atoms with E-state index in [0.29, 0.717) is 18.2 Å². The Morgan fingerprint density at radius 1 is 1.16 bits per heavy atom. The fraction of sp³-hybridized carbons (Fsp3) is 0.348. The van der Waals surface area contributed by atoms with E-state index in [1.54, 1.807) is 22.7 Å². The molecule has 0 spiro atoms. The van der Waals surface area contributed by atoms with Crippen LogP contribution < -0.4 is 5.32 Å². The van der Waals surface area contributed by atoms with Crippen LogP contribution in [0.5, 0.6) is 0 Å². The van der Waals surface area contributed by atoms with E-state index >= 15 is 0 Å². The first-order valence-corrected chi connectivity index (χ1v) is 12.5. The van der Waals surface area contributed by atoms with E-state index in [0.717, 1.165) is 41.1 Å². The zero-order valence-corrected chi connectivity index (χ0v) is 18.7. The minimum absolute atomic E-state index is 0.0596. The average Bonchev–Trinajstić information content (AvgIpc) is 3.57. The molecule has 1 aromatic carbocycles. The summed E-state index contributed by atoms with van der Waals surface area (Å²) >= 11 is 3.32. The van der Waals surface area contributed by atoms with Crippen molar-refractivity contribution in [3.63, 3.8) is 0 Å². The summed E-state index contributed by atoms with van der Waals surface area (Å²) in [5, 5.41) is 14.0. The van der Waals surface area contributed by atoms with Crippen molar-refractivity contribution >= 4 is 39.5 Å². The van der Waals surface area contributed by atoms with Crippen LogP contribution in [0.15, 0.2) is 47.3 Å². The van der Waals surface area contributed by atoms with Crippen molar-refractivity contribution in [1.82, 2.24) is 25.0 Å². The van der Waals surface area contributed by atoms with Crippen LogP contribution in [0, 0.1) is 5.92 Å². The number of nitrogens with one attached hydrogen (secondary N) is 1. The maximum atomic E-state index is 13.3. The summed E-state index contributed by atoms with van der Waals surface area (Å²) in [5.41, 5.74) is 2.55. The van der Waals surface area contributed by atoms with Crippen LogP contribution in [-0.4, -0.2) is 51.2 Å². The van der Waals surface area contributed by atoms with Crippen molar-refractivity contribution in [3.8, 4) is 10.6 Å². The van der Waals surface area contributed by atoms with Crippen LogP contribution in [0.4, 0.5) is 0 Å². The van der Waals surface area contributed by atoms with Crippen LogP contribution in [-0.2, 0) is 6.54 Å². The minimum atomic E-state index is -0.0596. The fourth-order valence-corrected chi connectivity index (χ4v) is 6.20. The summed E-state index contributed by atoms with van der Waals surface area (Å²) in [6, 6.07) is 10.6.